The van der Waals surface area contributed by atoms with E-state index >= 15 is 0 Å². The van der Waals surface area contributed by atoms with Gasteiger partial charge in [0.05, 0.1) is 23.0 Å². The number of nitrogens with zero attached hydrogens (tertiary/aromatic N) is 2. The third-order valence-corrected chi connectivity index (χ3v) is 7.65. The minimum absolute atomic E-state index is 0.178. The average molecular weight is 487 g/mol. The van der Waals surface area contributed by atoms with Crippen molar-refractivity contribution < 1.29 is 9.59 Å². The molecule has 2 aromatic carbocycles. The van der Waals surface area contributed by atoms with Crippen LogP contribution < -0.4 is 16.2 Å². The van der Waals surface area contributed by atoms with Gasteiger partial charge in [-0.25, -0.2) is 4.98 Å². The molecule has 4 aromatic rings. The van der Waals surface area contributed by atoms with Crippen LogP contribution in [0.2, 0.25) is 0 Å². The molecule has 0 saturated heterocycles. The molecule has 1 fully saturated rings. The van der Waals surface area contributed by atoms with Gasteiger partial charge in [-0.2, -0.15) is 0 Å². The molecule has 7 nitrogen and oxygen atoms in total. The summed E-state index contributed by atoms with van der Waals surface area (Å²) in [5.74, 6) is -0.596. The monoisotopic (exact) mass is 486 g/mol. The van der Waals surface area contributed by atoms with Gasteiger partial charge >= 0.3 is 0 Å². The van der Waals surface area contributed by atoms with Crippen molar-refractivity contribution in [1.29, 1.82) is 0 Å². The highest BCUT2D eigenvalue weighted by atomic mass is 32.1. The second-order valence-corrected chi connectivity index (χ2v) is 9.83. The molecule has 0 spiro atoms. The van der Waals surface area contributed by atoms with Gasteiger partial charge in [-0.05, 0) is 43.0 Å². The average Bonchev–Trinajstić information content (AvgIpc) is 3.49. The molecule has 1 saturated carbocycles. The number of amides is 2. The second-order valence-electron chi connectivity index (χ2n) is 8.83. The Morgan fingerprint density at radius 1 is 1.06 bits per heavy atom. The number of thiophene rings is 1. The van der Waals surface area contributed by atoms with Crippen molar-refractivity contribution in [3.05, 3.63) is 82.4 Å². The third kappa shape index (κ3) is 4.74. The van der Waals surface area contributed by atoms with Gasteiger partial charge in [0, 0.05) is 10.9 Å². The summed E-state index contributed by atoms with van der Waals surface area (Å²) in [6.07, 6.45) is 5.60. The van der Waals surface area contributed by atoms with Crippen LogP contribution in [0.4, 0.5) is 5.69 Å². The largest absolute Gasteiger partial charge is 0.349 e. The van der Waals surface area contributed by atoms with E-state index in [-0.39, 0.29) is 24.1 Å². The van der Waals surface area contributed by atoms with Crippen LogP contribution in [-0.2, 0) is 11.3 Å². The number of para-hydroxylation sites is 1. The van der Waals surface area contributed by atoms with Crippen molar-refractivity contribution in [2.24, 2.45) is 0 Å². The van der Waals surface area contributed by atoms with Gasteiger partial charge in [0.2, 0.25) is 5.91 Å². The molecule has 5 rings (SSSR count). The Hall–Kier alpha value is -3.78. The number of hydrogen-bond donors (Lipinski definition) is 2. The van der Waals surface area contributed by atoms with Crippen molar-refractivity contribution in [1.82, 2.24) is 14.9 Å². The number of fused-ring (bicyclic) bond motifs is 1. The lowest BCUT2D eigenvalue weighted by molar-refractivity contribution is -0.116. The zero-order valence-electron chi connectivity index (χ0n) is 19.4. The summed E-state index contributed by atoms with van der Waals surface area (Å²) >= 11 is 1.47. The summed E-state index contributed by atoms with van der Waals surface area (Å²) in [4.78, 5) is 45.0. The SMILES string of the molecule is Cc1c(-c2ccccc2)sc2ncn(CC(=O)Nc3ccccc3C(=O)NC3CCCC3)c(=O)c12. The standard InChI is InChI=1S/C27H26N4O3S/c1-17-23-26(35-24(17)18-9-3-2-4-10-18)28-16-31(27(23)34)15-22(32)30-21-14-8-7-13-20(21)25(33)29-19-11-5-6-12-19/h2-4,7-10,13-14,16,19H,5-6,11-12,15H2,1H3,(H,29,33)(H,30,32). The highest BCUT2D eigenvalue weighted by molar-refractivity contribution is 7.22. The minimum atomic E-state index is -0.398. The van der Waals surface area contributed by atoms with E-state index in [9.17, 15) is 14.4 Å². The van der Waals surface area contributed by atoms with E-state index in [0.717, 1.165) is 41.7 Å². The molecule has 35 heavy (non-hydrogen) atoms. The number of nitrogens with one attached hydrogen (secondary N) is 2. The fourth-order valence-corrected chi connectivity index (χ4v) is 5.75. The van der Waals surface area contributed by atoms with E-state index < -0.39 is 5.91 Å². The molecule has 0 bridgehead atoms. The molecule has 8 heteroatoms. The van der Waals surface area contributed by atoms with Gasteiger partial charge in [0.25, 0.3) is 11.5 Å². The van der Waals surface area contributed by atoms with Crippen LogP contribution in [0.1, 0.15) is 41.6 Å². The molecule has 0 unspecified atom stereocenters. The van der Waals surface area contributed by atoms with Crippen LogP contribution in [0.15, 0.2) is 65.7 Å². The maximum atomic E-state index is 13.2. The van der Waals surface area contributed by atoms with Gasteiger partial charge in [-0.3, -0.25) is 19.0 Å². The van der Waals surface area contributed by atoms with Crippen LogP contribution in [0, 0.1) is 6.92 Å². The molecule has 1 aliphatic carbocycles. The quantitative estimate of drug-likeness (QED) is 0.412. The van der Waals surface area contributed by atoms with Crippen molar-refractivity contribution in [3.8, 4) is 10.4 Å². The van der Waals surface area contributed by atoms with Crippen LogP contribution in [0.3, 0.4) is 0 Å². The molecule has 2 aromatic heterocycles. The highest BCUT2D eigenvalue weighted by Crippen LogP contribution is 2.35. The first-order chi connectivity index (χ1) is 17.0. The Balaban J connectivity index is 1.36. The first kappa shape index (κ1) is 23.0. The Bertz CT molecular complexity index is 1450. The van der Waals surface area contributed by atoms with E-state index in [1.807, 2.05) is 37.3 Å². The molecular weight excluding hydrogens is 460 g/mol. The number of benzene rings is 2. The number of carbonyl (C=O) groups is 2. The van der Waals surface area contributed by atoms with Gasteiger partial charge in [0.1, 0.15) is 11.4 Å². The number of hydrogen-bond acceptors (Lipinski definition) is 5. The summed E-state index contributed by atoms with van der Waals surface area (Å²) in [6.45, 7) is 1.71. The third-order valence-electron chi connectivity index (χ3n) is 6.40. The first-order valence-electron chi connectivity index (χ1n) is 11.7. The Morgan fingerprint density at radius 2 is 1.77 bits per heavy atom. The molecule has 178 valence electrons. The van der Waals surface area contributed by atoms with Gasteiger partial charge in [-0.1, -0.05) is 55.3 Å². The zero-order valence-corrected chi connectivity index (χ0v) is 20.2. The number of anilines is 1. The van der Waals surface area contributed by atoms with E-state index in [1.54, 1.807) is 24.3 Å². The lowest BCUT2D eigenvalue weighted by Crippen LogP contribution is -2.33. The molecule has 0 atom stereocenters. The topological polar surface area (TPSA) is 93.1 Å². The van der Waals surface area contributed by atoms with Crippen molar-refractivity contribution in [3.63, 3.8) is 0 Å². The second kappa shape index (κ2) is 9.84. The van der Waals surface area contributed by atoms with Crippen molar-refractivity contribution >= 4 is 39.1 Å². The lowest BCUT2D eigenvalue weighted by atomic mass is 10.1. The molecular formula is C27H26N4O3S. The van der Waals surface area contributed by atoms with E-state index in [2.05, 4.69) is 15.6 Å². The molecule has 2 heterocycles. The number of aryl methyl sites for hydroxylation is 1. The first-order valence-corrected chi connectivity index (χ1v) is 12.6. The van der Waals surface area contributed by atoms with Crippen LogP contribution in [0.25, 0.3) is 20.7 Å². The summed E-state index contributed by atoms with van der Waals surface area (Å²) in [7, 11) is 0. The molecule has 2 N–H and O–H groups in total. The summed E-state index contributed by atoms with van der Waals surface area (Å²) < 4.78 is 1.31. The molecule has 0 aliphatic heterocycles. The zero-order chi connectivity index (χ0) is 24.4. The lowest BCUT2D eigenvalue weighted by Gasteiger charge is -2.15. The van der Waals surface area contributed by atoms with Crippen LogP contribution in [0.5, 0.6) is 0 Å². The Kier molecular flexibility index (Phi) is 6.46. The predicted molar refractivity (Wildman–Crippen MR) is 139 cm³/mol. The van der Waals surface area contributed by atoms with Crippen molar-refractivity contribution in [2.45, 2.75) is 45.2 Å². The summed E-state index contributed by atoms with van der Waals surface area (Å²) in [5, 5.41) is 6.38. The van der Waals surface area contributed by atoms with E-state index in [1.165, 1.54) is 22.2 Å². The van der Waals surface area contributed by atoms with Gasteiger partial charge in [-0.15, -0.1) is 11.3 Å². The van der Waals surface area contributed by atoms with Crippen LogP contribution in [-0.4, -0.2) is 27.4 Å². The van der Waals surface area contributed by atoms with E-state index in [0.29, 0.717) is 21.5 Å². The van der Waals surface area contributed by atoms with Crippen molar-refractivity contribution in [2.75, 3.05) is 5.32 Å². The molecule has 0 radical (unpaired) electrons. The van der Waals surface area contributed by atoms with Gasteiger partial charge < -0.3 is 10.6 Å². The Labute approximate surface area is 206 Å². The van der Waals surface area contributed by atoms with Crippen LogP contribution >= 0.6 is 11.3 Å². The number of aromatic nitrogens is 2. The molecule has 2 amide bonds. The fraction of sp³-hybridized carbons (Fsp3) is 0.259. The fourth-order valence-electron chi connectivity index (χ4n) is 4.60. The highest BCUT2D eigenvalue weighted by Gasteiger charge is 2.21. The Morgan fingerprint density at radius 3 is 2.54 bits per heavy atom. The predicted octanol–water partition coefficient (Wildman–Crippen LogP) is 4.74. The number of carbonyl (C=O) groups excluding carboxylic acids is 2. The number of rotatable bonds is 6. The minimum Gasteiger partial charge on any atom is -0.349 e. The smallest absolute Gasteiger partial charge is 0.262 e. The maximum absolute atomic E-state index is 13.2. The van der Waals surface area contributed by atoms with Gasteiger partial charge in [0.15, 0.2) is 0 Å². The van der Waals surface area contributed by atoms with E-state index in [4.69, 9.17) is 0 Å². The maximum Gasteiger partial charge on any atom is 0.262 e. The summed E-state index contributed by atoms with van der Waals surface area (Å²) in [6, 6.07) is 17.0. The normalized spacial score (nSPS) is 13.7. The summed E-state index contributed by atoms with van der Waals surface area (Å²) in [5.41, 5.74) is 2.47. The molecule has 1 aliphatic rings.